The van der Waals surface area contributed by atoms with Crippen LogP contribution in [-0.4, -0.2) is 39.3 Å². The molecule has 0 heterocycles. The molecule has 4 atom stereocenters. The van der Waals surface area contributed by atoms with Gasteiger partial charge in [-0.2, -0.15) is 0 Å². The van der Waals surface area contributed by atoms with Gasteiger partial charge in [0.25, 0.3) is 0 Å². The van der Waals surface area contributed by atoms with Crippen molar-refractivity contribution in [3.05, 3.63) is 0 Å². The molecule has 0 fully saturated rings. The monoisotopic (exact) mass is 257 g/mol. The highest BCUT2D eigenvalue weighted by Gasteiger charge is 2.18. The average Bonchev–Trinajstić information content (AvgIpc) is 2.41. The van der Waals surface area contributed by atoms with Crippen molar-refractivity contribution in [1.82, 2.24) is 16.0 Å². The largest absolute Gasteiger partial charge is 0.317 e. The normalized spacial score (nSPS) is 18.3. The highest BCUT2D eigenvalue weighted by molar-refractivity contribution is 4.77. The highest BCUT2D eigenvalue weighted by Crippen LogP contribution is 2.20. The molecule has 3 heteroatoms. The summed E-state index contributed by atoms with van der Waals surface area (Å²) in [5.41, 5.74) is 0. The molecular formula is C15H35N3. The minimum atomic E-state index is 0.589. The first kappa shape index (κ1) is 17.9. The van der Waals surface area contributed by atoms with Crippen molar-refractivity contribution in [2.75, 3.05) is 21.1 Å². The Hall–Kier alpha value is -0.120. The van der Waals surface area contributed by atoms with Gasteiger partial charge in [0.15, 0.2) is 0 Å². The lowest BCUT2D eigenvalue weighted by molar-refractivity contribution is 0.306. The minimum absolute atomic E-state index is 0.589. The van der Waals surface area contributed by atoms with Crippen LogP contribution in [0.25, 0.3) is 0 Å². The van der Waals surface area contributed by atoms with E-state index in [1.165, 1.54) is 32.1 Å². The maximum Gasteiger partial charge on any atom is 0.00814 e. The SMILES string of the molecule is CCC(CC(CC)NC)CC(CC(C)NC)NC. The summed E-state index contributed by atoms with van der Waals surface area (Å²) in [6.07, 6.45) is 6.31. The third kappa shape index (κ3) is 7.34. The summed E-state index contributed by atoms with van der Waals surface area (Å²) in [5, 5.41) is 10.2. The van der Waals surface area contributed by atoms with Crippen LogP contribution in [0.4, 0.5) is 0 Å². The molecule has 18 heavy (non-hydrogen) atoms. The lowest BCUT2D eigenvalue weighted by Crippen LogP contribution is -2.36. The van der Waals surface area contributed by atoms with Gasteiger partial charge in [0.05, 0.1) is 0 Å². The fourth-order valence-electron chi connectivity index (χ4n) is 2.60. The van der Waals surface area contributed by atoms with Gasteiger partial charge in [-0.25, -0.2) is 0 Å². The molecule has 3 nitrogen and oxygen atoms in total. The number of hydrogen-bond acceptors (Lipinski definition) is 3. The molecule has 0 saturated carbocycles. The zero-order valence-electron chi connectivity index (χ0n) is 13.3. The molecule has 0 aromatic heterocycles. The summed E-state index contributed by atoms with van der Waals surface area (Å²) in [5.74, 6) is 0.823. The molecule has 0 amide bonds. The van der Waals surface area contributed by atoms with Gasteiger partial charge in [-0.05, 0) is 59.7 Å². The quantitative estimate of drug-likeness (QED) is 0.532. The van der Waals surface area contributed by atoms with Crippen LogP contribution in [0.15, 0.2) is 0 Å². The van der Waals surface area contributed by atoms with E-state index in [9.17, 15) is 0 Å². The highest BCUT2D eigenvalue weighted by atomic mass is 14.9. The van der Waals surface area contributed by atoms with Crippen LogP contribution in [0.3, 0.4) is 0 Å². The zero-order valence-corrected chi connectivity index (χ0v) is 13.3. The van der Waals surface area contributed by atoms with E-state index >= 15 is 0 Å². The number of hydrogen-bond donors (Lipinski definition) is 3. The van der Waals surface area contributed by atoms with Crippen LogP contribution in [0.2, 0.25) is 0 Å². The van der Waals surface area contributed by atoms with Gasteiger partial charge < -0.3 is 16.0 Å². The Labute approximate surface area is 114 Å². The van der Waals surface area contributed by atoms with Crippen LogP contribution < -0.4 is 16.0 Å². The van der Waals surface area contributed by atoms with Crippen LogP contribution in [0.5, 0.6) is 0 Å². The van der Waals surface area contributed by atoms with Crippen molar-refractivity contribution in [2.24, 2.45) is 5.92 Å². The fraction of sp³-hybridized carbons (Fsp3) is 1.00. The molecule has 0 saturated heterocycles. The van der Waals surface area contributed by atoms with E-state index in [2.05, 4.69) is 50.8 Å². The number of nitrogens with one attached hydrogen (secondary N) is 3. The van der Waals surface area contributed by atoms with E-state index in [-0.39, 0.29) is 0 Å². The molecule has 4 unspecified atom stereocenters. The van der Waals surface area contributed by atoms with E-state index in [4.69, 9.17) is 0 Å². The smallest absolute Gasteiger partial charge is 0.00814 e. The molecular weight excluding hydrogens is 222 g/mol. The molecule has 3 N–H and O–H groups in total. The first-order chi connectivity index (χ1) is 8.60. The third-order valence-corrected chi connectivity index (χ3v) is 4.25. The van der Waals surface area contributed by atoms with Gasteiger partial charge in [-0.15, -0.1) is 0 Å². The summed E-state index contributed by atoms with van der Waals surface area (Å²) in [4.78, 5) is 0. The second kappa shape index (κ2) is 10.8. The zero-order chi connectivity index (χ0) is 14.0. The molecule has 110 valence electrons. The summed E-state index contributed by atoms with van der Waals surface area (Å²) in [7, 11) is 6.22. The van der Waals surface area contributed by atoms with Crippen molar-refractivity contribution in [1.29, 1.82) is 0 Å². The Morgan fingerprint density at radius 3 is 1.67 bits per heavy atom. The standard InChI is InChI=1S/C15H35N3/c1-7-13(10-14(8-2)17-5)11-15(18-6)9-12(3)16-4/h12-18H,7-11H2,1-6H3. The molecule has 0 bridgehead atoms. The van der Waals surface area contributed by atoms with E-state index in [0.717, 1.165) is 5.92 Å². The molecule has 0 rings (SSSR count). The summed E-state index contributed by atoms with van der Waals surface area (Å²) in [6.45, 7) is 6.85. The Morgan fingerprint density at radius 2 is 1.28 bits per heavy atom. The van der Waals surface area contributed by atoms with Gasteiger partial charge in [0, 0.05) is 18.1 Å². The average molecular weight is 257 g/mol. The second-order valence-corrected chi connectivity index (χ2v) is 5.55. The van der Waals surface area contributed by atoms with Crippen LogP contribution >= 0.6 is 0 Å². The molecule has 0 radical (unpaired) electrons. The third-order valence-electron chi connectivity index (χ3n) is 4.25. The molecule has 0 aromatic carbocycles. The summed E-state index contributed by atoms with van der Waals surface area (Å²) >= 11 is 0. The fourth-order valence-corrected chi connectivity index (χ4v) is 2.60. The number of rotatable bonds is 11. The van der Waals surface area contributed by atoms with Crippen molar-refractivity contribution in [3.63, 3.8) is 0 Å². The Bertz CT molecular complexity index is 181. The van der Waals surface area contributed by atoms with Gasteiger partial charge in [-0.1, -0.05) is 20.3 Å². The predicted molar refractivity (Wildman–Crippen MR) is 82.1 cm³/mol. The Kier molecular flexibility index (Phi) is 10.7. The molecule has 0 aromatic rings. The summed E-state index contributed by atoms with van der Waals surface area (Å²) < 4.78 is 0. The minimum Gasteiger partial charge on any atom is -0.317 e. The van der Waals surface area contributed by atoms with E-state index in [0.29, 0.717) is 18.1 Å². The van der Waals surface area contributed by atoms with Gasteiger partial charge >= 0.3 is 0 Å². The second-order valence-electron chi connectivity index (χ2n) is 5.55. The maximum absolute atomic E-state index is 3.48. The van der Waals surface area contributed by atoms with Crippen molar-refractivity contribution in [2.45, 2.75) is 71.0 Å². The first-order valence-electron chi connectivity index (χ1n) is 7.62. The first-order valence-corrected chi connectivity index (χ1v) is 7.62. The van der Waals surface area contributed by atoms with Gasteiger partial charge in [-0.3, -0.25) is 0 Å². The lowest BCUT2D eigenvalue weighted by atomic mass is 9.88. The van der Waals surface area contributed by atoms with E-state index in [1.54, 1.807) is 0 Å². The topological polar surface area (TPSA) is 36.1 Å². The molecule has 0 spiro atoms. The van der Waals surface area contributed by atoms with Crippen LogP contribution in [-0.2, 0) is 0 Å². The summed E-state index contributed by atoms with van der Waals surface area (Å²) in [6, 6.07) is 1.90. The Morgan fingerprint density at radius 1 is 0.722 bits per heavy atom. The van der Waals surface area contributed by atoms with Crippen LogP contribution in [0.1, 0.15) is 52.9 Å². The lowest BCUT2D eigenvalue weighted by Gasteiger charge is -2.27. The van der Waals surface area contributed by atoms with E-state index < -0.39 is 0 Å². The van der Waals surface area contributed by atoms with E-state index in [1.807, 2.05) is 7.05 Å². The Balaban J connectivity index is 4.21. The molecule has 0 aliphatic heterocycles. The van der Waals surface area contributed by atoms with Crippen molar-refractivity contribution < 1.29 is 0 Å². The molecule has 0 aliphatic carbocycles. The predicted octanol–water partition coefficient (Wildman–Crippen LogP) is 2.38. The molecule has 0 aliphatic rings. The van der Waals surface area contributed by atoms with Crippen molar-refractivity contribution in [3.8, 4) is 0 Å². The van der Waals surface area contributed by atoms with Crippen LogP contribution in [0, 0.1) is 5.92 Å². The van der Waals surface area contributed by atoms with Crippen molar-refractivity contribution >= 4 is 0 Å². The van der Waals surface area contributed by atoms with Gasteiger partial charge in [0.2, 0.25) is 0 Å². The maximum atomic E-state index is 3.48. The van der Waals surface area contributed by atoms with Gasteiger partial charge in [0.1, 0.15) is 0 Å².